The molecule has 0 spiro atoms. The Labute approximate surface area is 123 Å². The van der Waals surface area contributed by atoms with Gasteiger partial charge in [-0.3, -0.25) is 4.98 Å². The van der Waals surface area contributed by atoms with Crippen LogP contribution in [0.2, 0.25) is 0 Å². The summed E-state index contributed by atoms with van der Waals surface area (Å²) >= 11 is 1.68. The van der Waals surface area contributed by atoms with Crippen molar-refractivity contribution in [1.82, 2.24) is 20.3 Å². The number of aromatic nitrogens is 3. The van der Waals surface area contributed by atoms with Crippen LogP contribution in [-0.2, 0) is 6.42 Å². The number of nitrogens with zero attached hydrogens (tertiary/aromatic N) is 3. The van der Waals surface area contributed by atoms with Gasteiger partial charge in [0.25, 0.3) is 0 Å². The second kappa shape index (κ2) is 7.31. The first-order valence-corrected chi connectivity index (χ1v) is 7.61. The molecule has 6 heteroatoms. The summed E-state index contributed by atoms with van der Waals surface area (Å²) in [5.41, 5.74) is 1.90. The van der Waals surface area contributed by atoms with Gasteiger partial charge >= 0.3 is 0 Å². The number of rotatable bonds is 7. The van der Waals surface area contributed by atoms with E-state index in [1.165, 1.54) is 0 Å². The van der Waals surface area contributed by atoms with E-state index in [9.17, 15) is 0 Å². The van der Waals surface area contributed by atoms with Gasteiger partial charge in [0.1, 0.15) is 5.69 Å². The highest BCUT2D eigenvalue weighted by atomic mass is 32.1. The molecule has 0 aliphatic rings. The molecule has 0 amide bonds. The van der Waals surface area contributed by atoms with Crippen molar-refractivity contribution < 1.29 is 4.74 Å². The monoisotopic (exact) mass is 292 g/mol. The average Bonchev–Trinajstić information content (AvgIpc) is 2.88. The van der Waals surface area contributed by atoms with Crippen molar-refractivity contribution in [2.75, 3.05) is 13.7 Å². The number of nitrogens with one attached hydrogen (secondary N) is 1. The van der Waals surface area contributed by atoms with Gasteiger partial charge in [0.05, 0.1) is 18.2 Å². The number of methoxy groups -OCH3 is 1. The minimum atomic E-state index is 0.0733. The van der Waals surface area contributed by atoms with Gasteiger partial charge < -0.3 is 10.1 Å². The highest BCUT2D eigenvalue weighted by Crippen LogP contribution is 2.24. The Morgan fingerprint density at radius 3 is 2.80 bits per heavy atom. The molecule has 5 nitrogen and oxygen atoms in total. The van der Waals surface area contributed by atoms with Gasteiger partial charge in [-0.05, 0) is 19.9 Å². The SMILES string of the molecule is CCCNC(Cc1nc(C)cs1)c1nccnc1OC. The minimum Gasteiger partial charge on any atom is -0.480 e. The van der Waals surface area contributed by atoms with Crippen LogP contribution in [0.15, 0.2) is 17.8 Å². The molecule has 1 unspecified atom stereocenters. The second-order valence-corrected chi connectivity index (χ2v) is 5.49. The molecule has 0 saturated carbocycles. The predicted octanol–water partition coefficient (Wildman–Crippen LogP) is 2.53. The van der Waals surface area contributed by atoms with Crippen LogP contribution in [-0.4, -0.2) is 28.6 Å². The van der Waals surface area contributed by atoms with Crippen molar-refractivity contribution in [3.63, 3.8) is 0 Å². The lowest BCUT2D eigenvalue weighted by atomic mass is 10.1. The summed E-state index contributed by atoms with van der Waals surface area (Å²) in [5, 5.41) is 6.67. The fourth-order valence-corrected chi connectivity index (χ4v) is 2.81. The van der Waals surface area contributed by atoms with E-state index in [0.717, 1.165) is 35.8 Å². The van der Waals surface area contributed by atoms with Crippen molar-refractivity contribution in [2.45, 2.75) is 32.7 Å². The maximum Gasteiger partial charge on any atom is 0.237 e. The van der Waals surface area contributed by atoms with E-state index in [2.05, 4.69) is 32.6 Å². The van der Waals surface area contributed by atoms with E-state index in [1.54, 1.807) is 30.8 Å². The highest BCUT2D eigenvalue weighted by molar-refractivity contribution is 7.09. The molecule has 0 radical (unpaired) electrons. The molecule has 1 N–H and O–H groups in total. The molecule has 2 aromatic rings. The number of thiazole rings is 1. The summed E-state index contributed by atoms with van der Waals surface area (Å²) in [7, 11) is 1.62. The standard InChI is InChI=1S/C14H20N4OS/c1-4-5-15-11(8-12-18-10(2)9-20-12)13-14(19-3)17-7-6-16-13/h6-7,9,11,15H,4-5,8H2,1-3H3. The molecule has 0 aliphatic heterocycles. The fraction of sp³-hybridized carbons (Fsp3) is 0.500. The zero-order chi connectivity index (χ0) is 14.4. The van der Waals surface area contributed by atoms with Crippen LogP contribution in [0, 0.1) is 6.92 Å². The molecule has 0 aromatic carbocycles. The topological polar surface area (TPSA) is 59.9 Å². The van der Waals surface area contributed by atoms with E-state index in [4.69, 9.17) is 4.74 Å². The van der Waals surface area contributed by atoms with Crippen molar-refractivity contribution in [1.29, 1.82) is 0 Å². The van der Waals surface area contributed by atoms with Crippen LogP contribution in [0.4, 0.5) is 0 Å². The van der Waals surface area contributed by atoms with E-state index in [-0.39, 0.29) is 6.04 Å². The first-order valence-electron chi connectivity index (χ1n) is 6.73. The van der Waals surface area contributed by atoms with Gasteiger partial charge in [-0.25, -0.2) is 9.97 Å². The first-order chi connectivity index (χ1) is 9.74. The largest absolute Gasteiger partial charge is 0.480 e. The van der Waals surface area contributed by atoms with Crippen LogP contribution in [0.25, 0.3) is 0 Å². The van der Waals surface area contributed by atoms with Crippen LogP contribution in [0.1, 0.15) is 35.8 Å². The third-order valence-electron chi connectivity index (χ3n) is 2.90. The van der Waals surface area contributed by atoms with Gasteiger partial charge in [-0.15, -0.1) is 11.3 Å². The summed E-state index contributed by atoms with van der Waals surface area (Å²) in [6.45, 7) is 5.08. The summed E-state index contributed by atoms with van der Waals surface area (Å²) in [6.07, 6.45) is 5.21. The quantitative estimate of drug-likeness (QED) is 0.849. The lowest BCUT2D eigenvalue weighted by Crippen LogP contribution is -2.25. The van der Waals surface area contributed by atoms with Crippen LogP contribution in [0.3, 0.4) is 0 Å². The Balaban J connectivity index is 2.22. The Hall–Kier alpha value is -1.53. The zero-order valence-electron chi connectivity index (χ0n) is 12.1. The van der Waals surface area contributed by atoms with Crippen molar-refractivity contribution in [2.24, 2.45) is 0 Å². The van der Waals surface area contributed by atoms with Gasteiger partial charge in [-0.1, -0.05) is 6.92 Å². The average molecular weight is 292 g/mol. The van der Waals surface area contributed by atoms with Crippen molar-refractivity contribution in [3.8, 4) is 5.88 Å². The zero-order valence-corrected chi connectivity index (χ0v) is 12.9. The Morgan fingerprint density at radius 1 is 1.35 bits per heavy atom. The molecule has 0 bridgehead atoms. The molecular formula is C14H20N4OS. The molecule has 0 fully saturated rings. The van der Waals surface area contributed by atoms with Gasteiger partial charge in [0, 0.05) is 29.9 Å². The van der Waals surface area contributed by atoms with Gasteiger partial charge in [-0.2, -0.15) is 0 Å². The van der Waals surface area contributed by atoms with Crippen molar-refractivity contribution in [3.05, 3.63) is 34.2 Å². The Kier molecular flexibility index (Phi) is 5.43. The molecule has 108 valence electrons. The van der Waals surface area contributed by atoms with E-state index in [1.807, 2.05) is 6.92 Å². The minimum absolute atomic E-state index is 0.0733. The number of hydrogen-bond donors (Lipinski definition) is 1. The summed E-state index contributed by atoms with van der Waals surface area (Å²) in [6, 6.07) is 0.0733. The van der Waals surface area contributed by atoms with Crippen LogP contribution in [0.5, 0.6) is 5.88 Å². The Bertz CT molecular complexity index is 543. The molecule has 0 aliphatic carbocycles. The van der Waals surface area contributed by atoms with Crippen LogP contribution < -0.4 is 10.1 Å². The van der Waals surface area contributed by atoms with Gasteiger partial charge in [0.15, 0.2) is 0 Å². The number of ether oxygens (including phenoxy) is 1. The lowest BCUT2D eigenvalue weighted by molar-refractivity contribution is 0.376. The third kappa shape index (κ3) is 3.74. The summed E-state index contributed by atoms with van der Waals surface area (Å²) < 4.78 is 5.32. The first kappa shape index (κ1) is 14.9. The highest BCUT2D eigenvalue weighted by Gasteiger charge is 2.19. The van der Waals surface area contributed by atoms with E-state index >= 15 is 0 Å². The molecule has 2 rings (SSSR count). The normalized spacial score (nSPS) is 12.3. The van der Waals surface area contributed by atoms with Crippen LogP contribution >= 0.6 is 11.3 Å². The maximum atomic E-state index is 5.32. The molecule has 1 atom stereocenters. The molecule has 20 heavy (non-hydrogen) atoms. The number of hydrogen-bond acceptors (Lipinski definition) is 6. The second-order valence-electron chi connectivity index (χ2n) is 4.54. The molecular weight excluding hydrogens is 272 g/mol. The Morgan fingerprint density at radius 2 is 2.15 bits per heavy atom. The third-order valence-corrected chi connectivity index (χ3v) is 3.89. The predicted molar refractivity (Wildman–Crippen MR) is 80.2 cm³/mol. The van der Waals surface area contributed by atoms with Crippen molar-refractivity contribution >= 4 is 11.3 Å². The smallest absolute Gasteiger partial charge is 0.237 e. The molecule has 2 aromatic heterocycles. The molecule has 0 saturated heterocycles. The van der Waals surface area contributed by atoms with E-state index < -0.39 is 0 Å². The maximum absolute atomic E-state index is 5.32. The lowest BCUT2D eigenvalue weighted by Gasteiger charge is -2.18. The fourth-order valence-electron chi connectivity index (χ4n) is 1.99. The molecule has 2 heterocycles. The summed E-state index contributed by atoms with van der Waals surface area (Å²) in [4.78, 5) is 13.2. The van der Waals surface area contributed by atoms with E-state index in [0.29, 0.717) is 5.88 Å². The van der Waals surface area contributed by atoms with Gasteiger partial charge in [0.2, 0.25) is 5.88 Å². The number of aryl methyl sites for hydroxylation is 1. The summed E-state index contributed by atoms with van der Waals surface area (Å²) in [5.74, 6) is 0.578.